The summed E-state index contributed by atoms with van der Waals surface area (Å²) in [4.78, 5) is 38.1. The number of hydrogen-bond donors (Lipinski definition) is 0. The zero-order valence-electron chi connectivity index (χ0n) is 43.8. The first-order chi connectivity index (χ1) is 33.5. The lowest BCUT2D eigenvalue weighted by atomic mass is 10.1. The molecule has 0 N–H and O–H groups in total. The number of carbonyl (C=O) groups is 3. The van der Waals surface area contributed by atoms with Gasteiger partial charge in [-0.3, -0.25) is 14.4 Å². The molecular formula is C62H100O6. The van der Waals surface area contributed by atoms with Crippen LogP contribution in [0.1, 0.15) is 233 Å². The Bertz CT molecular complexity index is 1450. The summed E-state index contributed by atoms with van der Waals surface area (Å²) in [5.74, 6) is -0.984. The summed E-state index contributed by atoms with van der Waals surface area (Å²) < 4.78 is 16.8. The van der Waals surface area contributed by atoms with Gasteiger partial charge in [-0.2, -0.15) is 0 Å². The number of unbranched alkanes of at least 4 members (excludes halogenated alkanes) is 22. The highest BCUT2D eigenvalue weighted by atomic mass is 16.6. The van der Waals surface area contributed by atoms with Crippen LogP contribution in [0.5, 0.6) is 0 Å². The Hall–Kier alpha value is -4.19. The van der Waals surface area contributed by atoms with Crippen LogP contribution in [0.25, 0.3) is 0 Å². The molecule has 0 aliphatic heterocycles. The average Bonchev–Trinajstić information content (AvgIpc) is 3.34. The molecule has 1 atom stereocenters. The van der Waals surface area contributed by atoms with Crippen molar-refractivity contribution in [3.8, 4) is 0 Å². The standard InChI is InChI=1S/C62H100O6/c1-4-7-10-13-16-19-22-25-28-30-31-33-34-37-40-43-46-49-52-55-61(64)67-58-59(57-66-60(63)54-51-48-45-42-39-36-27-24-21-18-15-12-9-6-3)68-62(65)56-53-50-47-44-41-38-35-32-29-26-23-20-17-14-11-8-5-2/h8-9,11-12,14,17-18,20-21,23,26-27,29-32,35-36,38,41,59H,4-7,10,13,15-16,19,22,24-25,28,33-34,37,39-40,42-58H2,1-3H3/b11-8-,12-9-,17-14-,21-18-,23-20-,29-26-,31-30-,35-32+,36-27-,41-38-. The van der Waals surface area contributed by atoms with Gasteiger partial charge >= 0.3 is 17.9 Å². The quantitative estimate of drug-likeness (QED) is 0.0199. The number of hydrogen-bond acceptors (Lipinski definition) is 6. The molecular weight excluding hydrogens is 841 g/mol. The van der Waals surface area contributed by atoms with Crippen molar-refractivity contribution in [1.82, 2.24) is 0 Å². The highest BCUT2D eigenvalue weighted by Gasteiger charge is 2.19. The molecule has 0 heterocycles. The summed E-state index contributed by atoms with van der Waals surface area (Å²) >= 11 is 0. The monoisotopic (exact) mass is 941 g/mol. The van der Waals surface area contributed by atoms with Gasteiger partial charge in [-0.25, -0.2) is 0 Å². The third-order valence-corrected chi connectivity index (χ3v) is 11.3. The molecule has 0 radical (unpaired) electrons. The fourth-order valence-corrected chi connectivity index (χ4v) is 7.25. The van der Waals surface area contributed by atoms with E-state index in [1.54, 1.807) is 0 Å². The van der Waals surface area contributed by atoms with Crippen molar-refractivity contribution < 1.29 is 28.6 Å². The van der Waals surface area contributed by atoms with Gasteiger partial charge in [-0.05, 0) is 96.3 Å². The molecule has 0 fully saturated rings. The SMILES string of the molecule is CC\C=C/C=C\C=C/C=C\C=C\C=C/CCCCCC(=O)OC(COC(=O)CCCCCC/C=C\C/C=C\C/C=C\CC)COC(=O)CCCCCCCCC/C=C\CCCCCCCCCC. The molecule has 384 valence electrons. The average molecular weight is 941 g/mol. The number of allylic oxidation sites excluding steroid dienone is 20. The summed E-state index contributed by atoms with van der Waals surface area (Å²) in [6.07, 6.45) is 76.1. The van der Waals surface area contributed by atoms with Crippen LogP contribution in [-0.2, 0) is 28.6 Å². The van der Waals surface area contributed by atoms with Gasteiger partial charge in [0, 0.05) is 19.3 Å². The van der Waals surface area contributed by atoms with Crippen molar-refractivity contribution in [2.75, 3.05) is 13.2 Å². The Kier molecular flexibility index (Phi) is 52.0. The van der Waals surface area contributed by atoms with E-state index in [1.807, 2.05) is 60.8 Å². The minimum absolute atomic E-state index is 0.109. The van der Waals surface area contributed by atoms with E-state index < -0.39 is 6.10 Å². The maximum atomic E-state index is 12.8. The molecule has 0 aromatic rings. The van der Waals surface area contributed by atoms with E-state index in [1.165, 1.54) is 89.9 Å². The number of rotatable bonds is 48. The third kappa shape index (κ3) is 52.8. The second kappa shape index (κ2) is 55.4. The predicted octanol–water partition coefficient (Wildman–Crippen LogP) is 18.5. The molecule has 0 aromatic heterocycles. The van der Waals surface area contributed by atoms with Gasteiger partial charge in [0.1, 0.15) is 13.2 Å². The van der Waals surface area contributed by atoms with Crippen LogP contribution in [0.15, 0.2) is 122 Å². The Morgan fingerprint density at radius 2 is 0.647 bits per heavy atom. The van der Waals surface area contributed by atoms with E-state index in [2.05, 4.69) is 81.5 Å². The summed E-state index contributed by atoms with van der Waals surface area (Å²) in [6.45, 7) is 6.31. The molecule has 0 bridgehead atoms. The molecule has 0 aromatic carbocycles. The van der Waals surface area contributed by atoms with Crippen LogP contribution in [-0.4, -0.2) is 37.2 Å². The van der Waals surface area contributed by atoms with Crippen molar-refractivity contribution in [2.45, 2.75) is 239 Å². The zero-order chi connectivity index (χ0) is 49.3. The topological polar surface area (TPSA) is 78.9 Å². The van der Waals surface area contributed by atoms with Crippen LogP contribution >= 0.6 is 0 Å². The van der Waals surface area contributed by atoms with Crippen molar-refractivity contribution in [3.05, 3.63) is 122 Å². The molecule has 0 saturated heterocycles. The first kappa shape index (κ1) is 63.8. The lowest BCUT2D eigenvalue weighted by Gasteiger charge is -2.18. The van der Waals surface area contributed by atoms with Gasteiger partial charge in [0.15, 0.2) is 6.10 Å². The van der Waals surface area contributed by atoms with Gasteiger partial charge in [0.05, 0.1) is 0 Å². The first-order valence-corrected chi connectivity index (χ1v) is 27.6. The van der Waals surface area contributed by atoms with E-state index in [4.69, 9.17) is 14.2 Å². The van der Waals surface area contributed by atoms with Crippen LogP contribution in [0, 0.1) is 0 Å². The van der Waals surface area contributed by atoms with Crippen LogP contribution in [0.3, 0.4) is 0 Å². The van der Waals surface area contributed by atoms with E-state index in [-0.39, 0.29) is 37.5 Å². The summed E-state index contributed by atoms with van der Waals surface area (Å²) in [5, 5.41) is 0. The molecule has 0 spiro atoms. The first-order valence-electron chi connectivity index (χ1n) is 27.6. The second-order valence-corrected chi connectivity index (χ2v) is 17.9. The normalized spacial score (nSPS) is 13.0. The molecule has 1 unspecified atom stereocenters. The molecule has 0 amide bonds. The third-order valence-electron chi connectivity index (χ3n) is 11.3. The fraction of sp³-hybridized carbons (Fsp3) is 0.629. The van der Waals surface area contributed by atoms with Crippen molar-refractivity contribution in [3.63, 3.8) is 0 Å². The van der Waals surface area contributed by atoms with E-state index in [9.17, 15) is 14.4 Å². The smallest absolute Gasteiger partial charge is 0.306 e. The van der Waals surface area contributed by atoms with Crippen LogP contribution < -0.4 is 0 Å². The predicted molar refractivity (Wildman–Crippen MR) is 293 cm³/mol. The van der Waals surface area contributed by atoms with Gasteiger partial charge in [0.25, 0.3) is 0 Å². The number of carbonyl (C=O) groups excluding carboxylic acids is 3. The van der Waals surface area contributed by atoms with Crippen LogP contribution in [0.2, 0.25) is 0 Å². The Balaban J connectivity index is 4.51. The number of ether oxygens (including phenoxy) is 3. The second-order valence-electron chi connectivity index (χ2n) is 17.9. The van der Waals surface area contributed by atoms with E-state index in [0.29, 0.717) is 19.3 Å². The van der Waals surface area contributed by atoms with Crippen molar-refractivity contribution in [2.24, 2.45) is 0 Å². The van der Waals surface area contributed by atoms with Gasteiger partial charge in [0.2, 0.25) is 0 Å². The van der Waals surface area contributed by atoms with Crippen molar-refractivity contribution >= 4 is 17.9 Å². The maximum Gasteiger partial charge on any atom is 0.306 e. The Labute approximate surface area is 418 Å². The lowest BCUT2D eigenvalue weighted by molar-refractivity contribution is -0.167. The molecule has 6 nitrogen and oxygen atoms in total. The molecule has 6 heteroatoms. The lowest BCUT2D eigenvalue weighted by Crippen LogP contribution is -2.30. The molecule has 0 saturated carbocycles. The van der Waals surface area contributed by atoms with Gasteiger partial charge < -0.3 is 14.2 Å². The molecule has 0 rings (SSSR count). The maximum absolute atomic E-state index is 12.8. The fourth-order valence-electron chi connectivity index (χ4n) is 7.25. The minimum Gasteiger partial charge on any atom is -0.462 e. The molecule has 0 aliphatic rings. The Morgan fingerprint density at radius 1 is 0.324 bits per heavy atom. The summed E-state index contributed by atoms with van der Waals surface area (Å²) in [6, 6.07) is 0. The summed E-state index contributed by atoms with van der Waals surface area (Å²) in [7, 11) is 0. The van der Waals surface area contributed by atoms with Crippen molar-refractivity contribution in [1.29, 1.82) is 0 Å². The Morgan fingerprint density at radius 3 is 1.10 bits per heavy atom. The summed E-state index contributed by atoms with van der Waals surface area (Å²) in [5.41, 5.74) is 0. The van der Waals surface area contributed by atoms with E-state index in [0.717, 1.165) is 96.3 Å². The molecule has 68 heavy (non-hydrogen) atoms. The minimum atomic E-state index is -0.816. The highest BCUT2D eigenvalue weighted by molar-refractivity contribution is 5.71. The number of esters is 3. The largest absolute Gasteiger partial charge is 0.462 e. The zero-order valence-corrected chi connectivity index (χ0v) is 43.8. The van der Waals surface area contributed by atoms with E-state index >= 15 is 0 Å². The highest BCUT2D eigenvalue weighted by Crippen LogP contribution is 2.14. The molecule has 0 aliphatic carbocycles. The van der Waals surface area contributed by atoms with Gasteiger partial charge in [-0.15, -0.1) is 0 Å². The van der Waals surface area contributed by atoms with Crippen LogP contribution in [0.4, 0.5) is 0 Å². The van der Waals surface area contributed by atoms with Gasteiger partial charge in [-0.1, -0.05) is 239 Å².